The lowest BCUT2D eigenvalue weighted by atomic mass is 10.1. The molecule has 0 radical (unpaired) electrons. The van der Waals surface area contributed by atoms with Crippen LogP contribution in [0.2, 0.25) is 0 Å². The summed E-state index contributed by atoms with van der Waals surface area (Å²) in [4.78, 5) is 9.14. The molecule has 0 saturated carbocycles. The normalized spacial score (nSPS) is 15.2. The van der Waals surface area contributed by atoms with Gasteiger partial charge >= 0.3 is 0 Å². The zero-order valence-corrected chi connectivity index (χ0v) is 17.6. The molecule has 0 atom stereocenters. The Labute approximate surface area is 176 Å². The van der Waals surface area contributed by atoms with E-state index in [1.165, 1.54) is 0 Å². The Bertz CT molecular complexity index is 1110. The molecular weight excluding hydrogens is 402 g/mol. The van der Waals surface area contributed by atoms with Gasteiger partial charge in [-0.25, -0.2) is 23.1 Å². The van der Waals surface area contributed by atoms with Crippen LogP contribution in [-0.2, 0) is 10.0 Å². The molecule has 2 aromatic carbocycles. The molecule has 1 aromatic heterocycles. The van der Waals surface area contributed by atoms with Crippen LogP contribution in [0.15, 0.2) is 53.6 Å². The smallest absolute Gasteiger partial charge is 0.240 e. The summed E-state index contributed by atoms with van der Waals surface area (Å²) in [5.41, 5.74) is 1.48. The van der Waals surface area contributed by atoms with Gasteiger partial charge in [0.05, 0.1) is 10.4 Å². The number of hydrogen-bond acceptors (Lipinski definition) is 7. The minimum Gasteiger partial charge on any atom is -0.490 e. The van der Waals surface area contributed by atoms with Gasteiger partial charge in [-0.2, -0.15) is 0 Å². The lowest BCUT2D eigenvalue weighted by molar-refractivity contribution is 0.162. The van der Waals surface area contributed by atoms with E-state index in [9.17, 15) is 8.42 Å². The fourth-order valence-corrected chi connectivity index (χ4v) is 4.40. The van der Waals surface area contributed by atoms with Crippen molar-refractivity contribution in [1.82, 2.24) is 20.0 Å². The molecule has 3 N–H and O–H groups in total. The summed E-state index contributed by atoms with van der Waals surface area (Å²) in [7, 11) is -3.47. The summed E-state index contributed by atoms with van der Waals surface area (Å²) in [6.07, 6.45) is 3.96. The maximum Gasteiger partial charge on any atom is 0.240 e. The van der Waals surface area contributed by atoms with E-state index in [-0.39, 0.29) is 11.0 Å². The molecule has 1 aliphatic heterocycles. The number of piperidine rings is 1. The number of nitrogens with zero attached hydrogens (tertiary/aromatic N) is 2. The third-order valence-corrected chi connectivity index (χ3v) is 6.46. The molecule has 158 valence electrons. The number of benzene rings is 2. The minimum absolute atomic E-state index is 0.217. The third-order valence-electron chi connectivity index (χ3n) is 4.90. The van der Waals surface area contributed by atoms with Crippen molar-refractivity contribution in [2.45, 2.75) is 30.8 Å². The van der Waals surface area contributed by atoms with Crippen LogP contribution in [0, 0.1) is 0 Å². The van der Waals surface area contributed by atoms with E-state index >= 15 is 0 Å². The molecule has 0 spiro atoms. The second kappa shape index (κ2) is 8.95. The number of anilines is 2. The molecule has 1 aliphatic rings. The Hall–Kier alpha value is -2.75. The van der Waals surface area contributed by atoms with Crippen LogP contribution in [0.5, 0.6) is 5.75 Å². The summed E-state index contributed by atoms with van der Waals surface area (Å²) in [6.45, 7) is 4.04. The lowest BCUT2D eigenvalue weighted by Crippen LogP contribution is -2.34. The monoisotopic (exact) mass is 427 g/mol. The maximum absolute atomic E-state index is 12.1. The van der Waals surface area contributed by atoms with Crippen molar-refractivity contribution in [2.24, 2.45) is 0 Å². The number of ether oxygens (including phenoxy) is 1. The second-order valence-corrected chi connectivity index (χ2v) is 8.90. The van der Waals surface area contributed by atoms with Crippen molar-refractivity contribution in [2.75, 3.05) is 25.0 Å². The summed E-state index contributed by atoms with van der Waals surface area (Å²) < 4.78 is 32.7. The predicted octanol–water partition coefficient (Wildman–Crippen LogP) is 2.80. The number of sulfonamides is 1. The van der Waals surface area contributed by atoms with Crippen molar-refractivity contribution in [3.05, 3.63) is 48.7 Å². The molecule has 2 heterocycles. The summed E-state index contributed by atoms with van der Waals surface area (Å²) in [5, 5.41) is 7.38. The third kappa shape index (κ3) is 4.86. The van der Waals surface area contributed by atoms with Gasteiger partial charge in [0.25, 0.3) is 0 Å². The summed E-state index contributed by atoms with van der Waals surface area (Å²) in [6, 6.07) is 12.3. The highest BCUT2D eigenvalue weighted by Crippen LogP contribution is 2.24. The first-order valence-corrected chi connectivity index (χ1v) is 11.5. The first-order chi connectivity index (χ1) is 14.5. The van der Waals surface area contributed by atoms with Gasteiger partial charge in [-0.3, -0.25) is 0 Å². The number of nitrogens with one attached hydrogen (secondary N) is 3. The zero-order chi connectivity index (χ0) is 21.0. The molecule has 0 unspecified atom stereocenters. The Balaban J connectivity index is 1.50. The van der Waals surface area contributed by atoms with E-state index in [0.29, 0.717) is 18.2 Å². The Morgan fingerprint density at radius 2 is 1.90 bits per heavy atom. The number of fused-ring (bicyclic) bond motifs is 1. The van der Waals surface area contributed by atoms with Gasteiger partial charge in [0.15, 0.2) is 0 Å². The molecule has 0 aliphatic carbocycles. The largest absolute Gasteiger partial charge is 0.490 e. The van der Waals surface area contributed by atoms with Crippen molar-refractivity contribution >= 4 is 32.6 Å². The highest BCUT2D eigenvalue weighted by molar-refractivity contribution is 7.89. The van der Waals surface area contributed by atoms with Crippen LogP contribution in [0.25, 0.3) is 10.9 Å². The Morgan fingerprint density at radius 3 is 2.63 bits per heavy atom. The molecule has 0 amide bonds. The van der Waals surface area contributed by atoms with E-state index in [1.807, 2.05) is 18.2 Å². The molecular formula is C21H25N5O3S. The average molecular weight is 428 g/mol. The lowest BCUT2D eigenvalue weighted by Gasteiger charge is -2.23. The first kappa shape index (κ1) is 20.5. The van der Waals surface area contributed by atoms with Crippen LogP contribution in [-0.4, -0.2) is 44.1 Å². The Kier molecular flexibility index (Phi) is 6.12. The summed E-state index contributed by atoms with van der Waals surface area (Å²) in [5.74, 6) is 1.24. The van der Waals surface area contributed by atoms with Gasteiger partial charge < -0.3 is 15.4 Å². The fourth-order valence-electron chi connectivity index (χ4n) is 3.36. The first-order valence-electron chi connectivity index (χ1n) is 10.0. The van der Waals surface area contributed by atoms with Crippen molar-refractivity contribution in [3.63, 3.8) is 0 Å². The SMILES string of the molecule is CCNS(=O)(=O)c1ccc(Nc2ncc3ccc(OC4CCNCC4)cc3n2)cc1. The van der Waals surface area contributed by atoms with E-state index in [0.717, 1.165) is 42.6 Å². The van der Waals surface area contributed by atoms with Crippen molar-refractivity contribution < 1.29 is 13.2 Å². The highest BCUT2D eigenvalue weighted by Gasteiger charge is 2.15. The van der Waals surface area contributed by atoms with Crippen LogP contribution in [0.1, 0.15) is 19.8 Å². The van der Waals surface area contributed by atoms with Gasteiger partial charge in [-0.15, -0.1) is 0 Å². The van der Waals surface area contributed by atoms with Gasteiger partial charge in [0.1, 0.15) is 11.9 Å². The van der Waals surface area contributed by atoms with Gasteiger partial charge in [-0.1, -0.05) is 6.92 Å². The van der Waals surface area contributed by atoms with Crippen molar-refractivity contribution in [1.29, 1.82) is 0 Å². The number of hydrogen-bond donors (Lipinski definition) is 3. The molecule has 1 fully saturated rings. The minimum atomic E-state index is -3.47. The van der Waals surface area contributed by atoms with Gasteiger partial charge in [0, 0.05) is 29.9 Å². The number of aromatic nitrogens is 2. The molecule has 0 bridgehead atoms. The second-order valence-electron chi connectivity index (χ2n) is 7.13. The fraction of sp³-hybridized carbons (Fsp3) is 0.333. The quantitative estimate of drug-likeness (QED) is 0.532. The topological polar surface area (TPSA) is 105 Å². The average Bonchev–Trinajstić information content (AvgIpc) is 2.75. The molecule has 3 aromatic rings. The van der Waals surface area contributed by atoms with Gasteiger partial charge in [-0.05, 0) is 62.3 Å². The zero-order valence-electron chi connectivity index (χ0n) is 16.8. The van der Waals surface area contributed by atoms with Crippen LogP contribution < -0.4 is 20.1 Å². The molecule has 30 heavy (non-hydrogen) atoms. The van der Waals surface area contributed by atoms with Crippen LogP contribution in [0.3, 0.4) is 0 Å². The van der Waals surface area contributed by atoms with E-state index in [1.54, 1.807) is 37.4 Å². The summed E-state index contributed by atoms with van der Waals surface area (Å²) >= 11 is 0. The molecule has 4 rings (SSSR count). The predicted molar refractivity (Wildman–Crippen MR) is 117 cm³/mol. The van der Waals surface area contributed by atoms with E-state index < -0.39 is 10.0 Å². The Morgan fingerprint density at radius 1 is 1.13 bits per heavy atom. The van der Waals surface area contributed by atoms with E-state index in [2.05, 4.69) is 25.3 Å². The molecule has 1 saturated heterocycles. The maximum atomic E-state index is 12.1. The molecule has 9 heteroatoms. The standard InChI is InChI=1S/C21H25N5O3S/c1-2-24-30(27,28)19-7-4-16(5-8-19)25-21-23-14-15-3-6-18(13-20(15)26-21)29-17-9-11-22-12-10-17/h3-8,13-14,17,22,24H,2,9-12H2,1H3,(H,23,25,26). The van der Waals surface area contributed by atoms with Crippen LogP contribution in [0.4, 0.5) is 11.6 Å². The number of rotatable bonds is 7. The van der Waals surface area contributed by atoms with Crippen LogP contribution >= 0.6 is 0 Å². The highest BCUT2D eigenvalue weighted by atomic mass is 32.2. The van der Waals surface area contributed by atoms with E-state index in [4.69, 9.17) is 4.74 Å². The van der Waals surface area contributed by atoms with Crippen molar-refractivity contribution in [3.8, 4) is 5.75 Å². The molecule has 8 nitrogen and oxygen atoms in total. The van der Waals surface area contributed by atoms with Gasteiger partial charge in [0.2, 0.25) is 16.0 Å².